The first-order valence-electron chi connectivity index (χ1n) is 7.37. The van der Waals surface area contributed by atoms with Crippen LogP contribution in [0.5, 0.6) is 17.2 Å². The number of hydrogen-bond donors (Lipinski definition) is 1. The van der Waals surface area contributed by atoms with E-state index in [2.05, 4.69) is 10.3 Å². The van der Waals surface area contributed by atoms with Crippen LogP contribution in [0.1, 0.15) is 10.4 Å². The molecular weight excluding hydrogens is 364 g/mol. The summed E-state index contributed by atoms with van der Waals surface area (Å²) in [5.41, 5.74) is 0.467. The number of pyridine rings is 1. The summed E-state index contributed by atoms with van der Waals surface area (Å²) in [6.45, 7) is -0.499. The minimum Gasteiger partial charge on any atom is -0.493 e. The van der Waals surface area contributed by atoms with Crippen LogP contribution in [0.2, 0.25) is 5.15 Å². The number of aromatic nitrogens is 1. The van der Waals surface area contributed by atoms with Crippen LogP contribution in [0.15, 0.2) is 30.5 Å². The third-order valence-electron chi connectivity index (χ3n) is 3.27. The highest BCUT2D eigenvalue weighted by Gasteiger charge is 2.18. The average Bonchev–Trinajstić information content (AvgIpc) is 2.66. The predicted octanol–water partition coefficient (Wildman–Crippen LogP) is 2.56. The van der Waals surface area contributed by atoms with Gasteiger partial charge in [-0.3, -0.25) is 4.79 Å². The second kappa shape index (κ2) is 8.91. The summed E-state index contributed by atoms with van der Waals surface area (Å²) in [4.78, 5) is 27.9. The number of benzene rings is 1. The Hall–Kier alpha value is -3.00. The number of rotatable bonds is 7. The Morgan fingerprint density at radius 1 is 1.12 bits per heavy atom. The van der Waals surface area contributed by atoms with Gasteiger partial charge >= 0.3 is 5.97 Å². The Bertz CT molecular complexity index is 787. The fourth-order valence-electron chi connectivity index (χ4n) is 2.08. The third-order valence-corrected chi connectivity index (χ3v) is 3.57. The lowest BCUT2D eigenvalue weighted by molar-refractivity contribution is -0.119. The molecule has 9 heteroatoms. The van der Waals surface area contributed by atoms with Gasteiger partial charge in [-0.25, -0.2) is 9.78 Å². The van der Waals surface area contributed by atoms with Crippen molar-refractivity contribution < 1.29 is 28.5 Å². The molecular formula is C17H17ClN2O6. The molecule has 0 saturated heterocycles. The summed E-state index contributed by atoms with van der Waals surface area (Å²) in [6.07, 6.45) is 1.49. The molecule has 1 amide bonds. The molecule has 2 rings (SSSR count). The zero-order valence-corrected chi connectivity index (χ0v) is 15.1. The monoisotopic (exact) mass is 380 g/mol. The van der Waals surface area contributed by atoms with Crippen molar-refractivity contribution in [1.29, 1.82) is 0 Å². The lowest BCUT2D eigenvalue weighted by Crippen LogP contribution is -2.21. The topological polar surface area (TPSA) is 96.0 Å². The second-order valence-electron chi connectivity index (χ2n) is 4.88. The van der Waals surface area contributed by atoms with E-state index in [1.54, 1.807) is 12.1 Å². The van der Waals surface area contributed by atoms with Gasteiger partial charge in [0, 0.05) is 6.20 Å². The van der Waals surface area contributed by atoms with Crippen molar-refractivity contribution in [3.05, 3.63) is 41.2 Å². The SMILES string of the molecule is COc1cc(C(=O)OCC(=O)Nc2cccnc2Cl)cc(OC)c1OC. The van der Waals surface area contributed by atoms with Crippen LogP contribution in [0, 0.1) is 0 Å². The minimum absolute atomic E-state index is 0.136. The van der Waals surface area contributed by atoms with Crippen molar-refractivity contribution in [1.82, 2.24) is 4.98 Å². The van der Waals surface area contributed by atoms with E-state index in [0.717, 1.165) is 0 Å². The summed E-state index contributed by atoms with van der Waals surface area (Å²) in [6, 6.07) is 6.05. The van der Waals surface area contributed by atoms with Gasteiger partial charge in [0.15, 0.2) is 23.3 Å². The van der Waals surface area contributed by atoms with E-state index in [9.17, 15) is 9.59 Å². The first-order valence-corrected chi connectivity index (χ1v) is 7.75. The van der Waals surface area contributed by atoms with Gasteiger partial charge in [-0.2, -0.15) is 0 Å². The Morgan fingerprint density at radius 2 is 1.77 bits per heavy atom. The number of amides is 1. The Balaban J connectivity index is 2.05. The molecule has 1 heterocycles. The number of carbonyl (C=O) groups is 2. The van der Waals surface area contributed by atoms with Gasteiger partial charge < -0.3 is 24.3 Å². The molecule has 8 nitrogen and oxygen atoms in total. The largest absolute Gasteiger partial charge is 0.493 e. The molecule has 0 spiro atoms. The number of nitrogens with one attached hydrogen (secondary N) is 1. The number of anilines is 1. The fraction of sp³-hybridized carbons (Fsp3) is 0.235. The molecule has 1 N–H and O–H groups in total. The molecule has 0 unspecified atom stereocenters. The van der Waals surface area contributed by atoms with Crippen molar-refractivity contribution in [3.8, 4) is 17.2 Å². The number of methoxy groups -OCH3 is 3. The fourth-order valence-corrected chi connectivity index (χ4v) is 2.25. The number of carbonyl (C=O) groups excluding carboxylic acids is 2. The molecule has 138 valence electrons. The lowest BCUT2D eigenvalue weighted by atomic mass is 10.2. The second-order valence-corrected chi connectivity index (χ2v) is 5.24. The molecule has 0 atom stereocenters. The predicted molar refractivity (Wildman–Crippen MR) is 94.3 cm³/mol. The quantitative estimate of drug-likeness (QED) is 0.582. The van der Waals surface area contributed by atoms with E-state index in [1.807, 2.05) is 0 Å². The van der Waals surface area contributed by atoms with Gasteiger partial charge in [-0.1, -0.05) is 11.6 Å². The number of esters is 1. The standard InChI is InChI=1S/C17H17ClN2O6/c1-23-12-7-10(8-13(24-2)15(12)25-3)17(22)26-9-14(21)20-11-5-4-6-19-16(11)18/h4-8H,9H2,1-3H3,(H,20,21). The highest BCUT2D eigenvalue weighted by Crippen LogP contribution is 2.38. The minimum atomic E-state index is -0.725. The van der Waals surface area contributed by atoms with Crippen LogP contribution in [0.4, 0.5) is 5.69 Å². The smallest absolute Gasteiger partial charge is 0.338 e. The Morgan fingerprint density at radius 3 is 2.31 bits per heavy atom. The Labute approximate surface area is 155 Å². The molecule has 0 aliphatic carbocycles. The first-order chi connectivity index (χ1) is 12.5. The van der Waals surface area contributed by atoms with Crippen molar-refractivity contribution in [2.45, 2.75) is 0 Å². The molecule has 2 aromatic rings. The molecule has 0 aliphatic rings. The summed E-state index contributed by atoms with van der Waals surface area (Å²) in [5.74, 6) is -0.344. The maximum absolute atomic E-state index is 12.2. The number of halogens is 1. The van der Waals surface area contributed by atoms with Gasteiger partial charge in [-0.15, -0.1) is 0 Å². The van der Waals surface area contributed by atoms with E-state index in [4.69, 9.17) is 30.5 Å². The van der Waals surface area contributed by atoms with Crippen molar-refractivity contribution >= 4 is 29.2 Å². The van der Waals surface area contributed by atoms with Crippen molar-refractivity contribution in [3.63, 3.8) is 0 Å². The Kier molecular flexibility index (Phi) is 6.62. The number of hydrogen-bond acceptors (Lipinski definition) is 7. The first kappa shape index (κ1) is 19.3. The van der Waals surface area contributed by atoms with Crippen LogP contribution < -0.4 is 19.5 Å². The van der Waals surface area contributed by atoms with Gasteiger partial charge in [-0.05, 0) is 24.3 Å². The summed E-state index contributed by atoms with van der Waals surface area (Å²) < 4.78 is 20.5. The van der Waals surface area contributed by atoms with Crippen LogP contribution in [0.3, 0.4) is 0 Å². The summed E-state index contributed by atoms with van der Waals surface area (Å²) in [5, 5.41) is 2.64. The molecule has 1 aromatic heterocycles. The van der Waals surface area contributed by atoms with Gasteiger partial charge in [0.25, 0.3) is 5.91 Å². The number of nitrogens with zero attached hydrogens (tertiary/aromatic N) is 1. The molecule has 0 saturated carbocycles. The van der Waals surface area contributed by atoms with E-state index < -0.39 is 18.5 Å². The highest BCUT2D eigenvalue weighted by atomic mass is 35.5. The van der Waals surface area contributed by atoms with E-state index in [1.165, 1.54) is 39.7 Å². The van der Waals surface area contributed by atoms with Crippen molar-refractivity contribution in [2.75, 3.05) is 33.3 Å². The summed E-state index contributed by atoms with van der Waals surface area (Å²) >= 11 is 5.85. The van der Waals surface area contributed by atoms with E-state index in [-0.39, 0.29) is 10.7 Å². The molecule has 0 fully saturated rings. The molecule has 1 aromatic carbocycles. The molecule has 0 bridgehead atoms. The van der Waals surface area contributed by atoms with E-state index >= 15 is 0 Å². The number of ether oxygens (including phenoxy) is 4. The molecule has 26 heavy (non-hydrogen) atoms. The average molecular weight is 381 g/mol. The van der Waals surface area contributed by atoms with E-state index in [0.29, 0.717) is 22.9 Å². The highest BCUT2D eigenvalue weighted by molar-refractivity contribution is 6.32. The summed E-state index contributed by atoms with van der Waals surface area (Å²) in [7, 11) is 4.31. The maximum atomic E-state index is 12.2. The van der Waals surface area contributed by atoms with Crippen LogP contribution in [-0.4, -0.2) is 44.8 Å². The zero-order chi connectivity index (χ0) is 19.1. The molecule has 0 radical (unpaired) electrons. The lowest BCUT2D eigenvalue weighted by Gasteiger charge is -2.13. The van der Waals surface area contributed by atoms with Gasteiger partial charge in [0.2, 0.25) is 5.75 Å². The van der Waals surface area contributed by atoms with Gasteiger partial charge in [0.05, 0.1) is 32.6 Å². The van der Waals surface area contributed by atoms with Crippen molar-refractivity contribution in [2.24, 2.45) is 0 Å². The maximum Gasteiger partial charge on any atom is 0.338 e. The third kappa shape index (κ3) is 4.54. The molecule has 0 aliphatic heterocycles. The normalized spacial score (nSPS) is 10.0. The van der Waals surface area contributed by atoms with Crippen LogP contribution in [-0.2, 0) is 9.53 Å². The zero-order valence-electron chi connectivity index (χ0n) is 14.4. The van der Waals surface area contributed by atoms with Gasteiger partial charge in [0.1, 0.15) is 0 Å². The van der Waals surface area contributed by atoms with Crippen LogP contribution in [0.25, 0.3) is 0 Å². The van der Waals surface area contributed by atoms with Crippen LogP contribution >= 0.6 is 11.6 Å².